The number of hydrogen-bond donors (Lipinski definition) is 1. The van der Waals surface area contributed by atoms with Crippen LogP contribution in [0.15, 0.2) is 28.6 Å². The van der Waals surface area contributed by atoms with Gasteiger partial charge in [-0.15, -0.1) is 10.2 Å². The van der Waals surface area contributed by atoms with Gasteiger partial charge >= 0.3 is 0 Å². The van der Waals surface area contributed by atoms with Crippen molar-refractivity contribution in [3.05, 3.63) is 29.8 Å². The smallest absolute Gasteiger partial charge is 0.250 e. The second-order valence-corrected chi connectivity index (χ2v) is 11.0. The lowest BCUT2D eigenvalue weighted by Crippen LogP contribution is -2.47. The first kappa shape index (κ1) is 22.6. The molecule has 1 heterocycles. The first-order valence-corrected chi connectivity index (χ1v) is 12.6. The molecule has 0 unspecified atom stereocenters. The summed E-state index contributed by atoms with van der Waals surface area (Å²) in [6.07, 6.45) is 1.43. The second-order valence-electron chi connectivity index (χ2n) is 6.89. The number of hydrogen-bond acceptors (Lipinski definition) is 7. The summed E-state index contributed by atoms with van der Waals surface area (Å²) in [5.74, 6) is 1.01. The summed E-state index contributed by atoms with van der Waals surface area (Å²) in [6, 6.07) is 6.21. The van der Waals surface area contributed by atoms with Gasteiger partial charge in [0, 0.05) is 5.75 Å². The van der Waals surface area contributed by atoms with Crippen LogP contribution in [0.4, 0.5) is 10.8 Å². The van der Waals surface area contributed by atoms with Crippen molar-refractivity contribution in [1.29, 1.82) is 0 Å². The van der Waals surface area contributed by atoms with Crippen LogP contribution in [0.3, 0.4) is 0 Å². The molecule has 7 nitrogen and oxygen atoms in total. The summed E-state index contributed by atoms with van der Waals surface area (Å²) in [4.78, 5) is 12.9. The van der Waals surface area contributed by atoms with E-state index in [9.17, 15) is 13.2 Å². The van der Waals surface area contributed by atoms with Gasteiger partial charge in [-0.05, 0) is 37.0 Å². The van der Waals surface area contributed by atoms with Crippen molar-refractivity contribution in [1.82, 2.24) is 10.2 Å². The lowest BCUT2D eigenvalue weighted by Gasteiger charge is -2.30. The lowest BCUT2D eigenvalue weighted by atomic mass is 10.1. The molecule has 0 aliphatic rings. The van der Waals surface area contributed by atoms with Crippen LogP contribution in [0, 0.1) is 12.8 Å². The maximum absolute atomic E-state index is 12.9. The van der Waals surface area contributed by atoms with E-state index < -0.39 is 22.0 Å². The Balaban J connectivity index is 2.22. The van der Waals surface area contributed by atoms with Crippen LogP contribution >= 0.6 is 23.1 Å². The van der Waals surface area contributed by atoms with Gasteiger partial charge in [-0.25, -0.2) is 8.42 Å². The summed E-state index contributed by atoms with van der Waals surface area (Å²) in [6.45, 7) is 7.89. The lowest BCUT2D eigenvalue weighted by molar-refractivity contribution is -0.117. The number of benzene rings is 1. The zero-order chi connectivity index (χ0) is 20.9. The number of sulfonamides is 1. The van der Waals surface area contributed by atoms with Gasteiger partial charge in [0.05, 0.1) is 11.9 Å². The second kappa shape index (κ2) is 9.71. The van der Waals surface area contributed by atoms with Crippen molar-refractivity contribution in [2.75, 3.05) is 21.6 Å². The number of anilines is 2. The van der Waals surface area contributed by atoms with Crippen LogP contribution in [0.1, 0.15) is 32.8 Å². The Morgan fingerprint density at radius 1 is 1.32 bits per heavy atom. The van der Waals surface area contributed by atoms with E-state index >= 15 is 0 Å². The maximum atomic E-state index is 12.9. The molecular formula is C18H26N4O3S3. The minimum absolute atomic E-state index is 0.320. The molecule has 0 aliphatic heterocycles. The average Bonchev–Trinajstić information content (AvgIpc) is 3.03. The molecule has 0 spiro atoms. The van der Waals surface area contributed by atoms with E-state index in [1.807, 2.05) is 13.0 Å². The minimum Gasteiger partial charge on any atom is -0.299 e. The maximum Gasteiger partial charge on any atom is 0.250 e. The van der Waals surface area contributed by atoms with Gasteiger partial charge in [0.25, 0.3) is 0 Å². The molecule has 1 atom stereocenters. The molecule has 28 heavy (non-hydrogen) atoms. The van der Waals surface area contributed by atoms with E-state index in [0.717, 1.165) is 21.9 Å². The van der Waals surface area contributed by atoms with Crippen molar-refractivity contribution in [2.45, 2.75) is 44.5 Å². The largest absolute Gasteiger partial charge is 0.299 e. The molecule has 154 valence electrons. The third kappa shape index (κ3) is 6.18. The molecule has 2 rings (SSSR count). The summed E-state index contributed by atoms with van der Waals surface area (Å²) in [7, 11) is -3.66. The molecule has 1 amide bonds. The zero-order valence-corrected chi connectivity index (χ0v) is 19.1. The highest BCUT2D eigenvalue weighted by Gasteiger charge is 2.32. The Bertz CT molecular complexity index is 912. The highest BCUT2D eigenvalue weighted by atomic mass is 32.2. The minimum atomic E-state index is -3.66. The molecule has 0 saturated carbocycles. The molecule has 1 aromatic heterocycles. The van der Waals surface area contributed by atoms with Gasteiger partial charge in [-0.2, -0.15) is 0 Å². The summed E-state index contributed by atoms with van der Waals surface area (Å²) >= 11 is 2.88. The molecule has 0 saturated heterocycles. The van der Waals surface area contributed by atoms with Crippen LogP contribution in [-0.2, 0) is 14.8 Å². The van der Waals surface area contributed by atoms with E-state index in [-0.39, 0.29) is 0 Å². The predicted octanol–water partition coefficient (Wildman–Crippen LogP) is 3.78. The first-order chi connectivity index (χ1) is 13.1. The number of carbonyl (C=O) groups excluding carboxylic acids is 1. The van der Waals surface area contributed by atoms with Crippen LogP contribution in [0.5, 0.6) is 0 Å². The molecule has 0 bridgehead atoms. The molecule has 0 aliphatic carbocycles. The fourth-order valence-corrected chi connectivity index (χ4v) is 5.51. The third-order valence-electron chi connectivity index (χ3n) is 3.76. The average molecular weight is 443 g/mol. The van der Waals surface area contributed by atoms with E-state index in [2.05, 4.69) is 29.4 Å². The van der Waals surface area contributed by atoms with Crippen molar-refractivity contribution >= 4 is 49.8 Å². The molecule has 1 N–H and O–H groups in total. The van der Waals surface area contributed by atoms with Crippen molar-refractivity contribution in [3.63, 3.8) is 0 Å². The van der Waals surface area contributed by atoms with Crippen molar-refractivity contribution < 1.29 is 13.2 Å². The molecule has 10 heteroatoms. The summed E-state index contributed by atoms with van der Waals surface area (Å²) in [5, 5.41) is 11.2. The predicted molar refractivity (Wildman–Crippen MR) is 117 cm³/mol. The van der Waals surface area contributed by atoms with Crippen LogP contribution in [-0.4, -0.2) is 42.6 Å². The Labute approximate surface area is 175 Å². The first-order valence-electron chi connectivity index (χ1n) is 8.95. The molecule has 2 aromatic rings. The van der Waals surface area contributed by atoms with Crippen molar-refractivity contribution in [2.24, 2.45) is 5.92 Å². The van der Waals surface area contributed by atoms with Crippen molar-refractivity contribution in [3.8, 4) is 0 Å². The number of nitrogens with zero attached hydrogens (tertiary/aromatic N) is 3. The number of amides is 1. The number of aromatic nitrogens is 2. The van der Waals surface area contributed by atoms with E-state index in [1.165, 1.54) is 15.6 Å². The third-order valence-corrected chi connectivity index (χ3v) is 7.34. The zero-order valence-electron chi connectivity index (χ0n) is 16.7. The SMILES string of the molecule is CC[C@H](C(=O)Nc1nnc(SCC(C)C)s1)N(c1cccc(C)c1)S(C)(=O)=O. The van der Waals surface area contributed by atoms with Gasteiger partial charge in [-0.1, -0.05) is 56.0 Å². The standard InChI is InChI=1S/C18H26N4O3S3/c1-6-15(22(28(5,24)25)14-9-7-8-13(4)10-14)16(23)19-17-20-21-18(27-17)26-11-12(2)3/h7-10,12,15H,6,11H2,1-5H3,(H,19,20,23)/t15-/m1/s1. The van der Waals surface area contributed by atoms with Gasteiger partial charge in [0.1, 0.15) is 6.04 Å². The number of carbonyl (C=O) groups is 1. The number of aryl methyl sites for hydroxylation is 1. The van der Waals surface area contributed by atoms with E-state index in [0.29, 0.717) is 23.2 Å². The van der Waals surface area contributed by atoms with Crippen LogP contribution in [0.25, 0.3) is 0 Å². The van der Waals surface area contributed by atoms with Crippen LogP contribution < -0.4 is 9.62 Å². The van der Waals surface area contributed by atoms with Gasteiger partial charge < -0.3 is 0 Å². The Hall–Kier alpha value is -1.65. The number of nitrogens with one attached hydrogen (secondary N) is 1. The van der Waals surface area contributed by atoms with E-state index in [4.69, 9.17) is 0 Å². The van der Waals surface area contributed by atoms with Gasteiger partial charge in [-0.3, -0.25) is 14.4 Å². The molecular weight excluding hydrogens is 416 g/mol. The van der Waals surface area contributed by atoms with E-state index in [1.54, 1.807) is 36.9 Å². The fraction of sp³-hybridized carbons (Fsp3) is 0.500. The normalized spacial score (nSPS) is 12.8. The summed E-state index contributed by atoms with van der Waals surface area (Å²) in [5.41, 5.74) is 1.38. The molecule has 0 fully saturated rings. The highest BCUT2D eigenvalue weighted by molar-refractivity contribution is 8.01. The number of thioether (sulfide) groups is 1. The highest BCUT2D eigenvalue weighted by Crippen LogP contribution is 2.28. The van der Waals surface area contributed by atoms with Crippen LogP contribution in [0.2, 0.25) is 0 Å². The molecule has 0 radical (unpaired) electrons. The summed E-state index contributed by atoms with van der Waals surface area (Å²) < 4.78 is 26.9. The Morgan fingerprint density at radius 2 is 2.04 bits per heavy atom. The Kier molecular flexibility index (Phi) is 7.85. The number of rotatable bonds is 9. The van der Waals surface area contributed by atoms with Gasteiger partial charge in [0.15, 0.2) is 4.34 Å². The fourth-order valence-electron chi connectivity index (χ4n) is 2.57. The topological polar surface area (TPSA) is 92.3 Å². The Morgan fingerprint density at radius 3 is 2.61 bits per heavy atom. The quantitative estimate of drug-likeness (QED) is 0.469. The molecule has 1 aromatic carbocycles. The monoisotopic (exact) mass is 442 g/mol. The van der Waals surface area contributed by atoms with Gasteiger partial charge in [0.2, 0.25) is 21.1 Å².